The molecule has 21 heavy (non-hydrogen) atoms. The van der Waals surface area contributed by atoms with E-state index in [1.165, 1.54) is 5.57 Å². The van der Waals surface area contributed by atoms with Gasteiger partial charge < -0.3 is 14.6 Å². The number of aliphatic hydroxyl groups is 1. The first-order valence-corrected chi connectivity index (χ1v) is 8.12. The van der Waals surface area contributed by atoms with E-state index in [9.17, 15) is 5.11 Å². The monoisotopic (exact) mass is 294 g/mol. The molecule has 1 saturated carbocycles. The molecule has 1 heterocycles. The van der Waals surface area contributed by atoms with Crippen LogP contribution < -0.4 is 0 Å². The molecular weight excluding hydrogens is 264 g/mol. The first-order valence-electron chi connectivity index (χ1n) is 8.12. The molecule has 0 bridgehead atoms. The van der Waals surface area contributed by atoms with Crippen molar-refractivity contribution in [3.63, 3.8) is 0 Å². The van der Waals surface area contributed by atoms with Gasteiger partial charge in [0.2, 0.25) is 0 Å². The van der Waals surface area contributed by atoms with Gasteiger partial charge in [0.25, 0.3) is 0 Å². The Morgan fingerprint density at radius 3 is 2.24 bits per heavy atom. The second-order valence-corrected chi connectivity index (χ2v) is 7.08. The van der Waals surface area contributed by atoms with Crippen LogP contribution in [0, 0.1) is 5.41 Å². The van der Waals surface area contributed by atoms with Crippen molar-refractivity contribution in [3.8, 4) is 0 Å². The topological polar surface area (TPSA) is 38.7 Å². The van der Waals surface area contributed by atoms with Gasteiger partial charge in [-0.05, 0) is 39.5 Å². The van der Waals surface area contributed by atoms with Crippen molar-refractivity contribution in [2.75, 3.05) is 13.2 Å². The minimum Gasteiger partial charge on any atom is -0.389 e. The Balaban J connectivity index is 2.03. The van der Waals surface area contributed by atoms with Crippen molar-refractivity contribution < 1.29 is 14.6 Å². The third-order valence-electron chi connectivity index (χ3n) is 5.38. The normalized spacial score (nSPS) is 26.3. The summed E-state index contributed by atoms with van der Waals surface area (Å²) in [6.45, 7) is 11.7. The van der Waals surface area contributed by atoms with Gasteiger partial charge >= 0.3 is 0 Å². The Hall–Kier alpha value is -0.640. The predicted molar refractivity (Wildman–Crippen MR) is 85.0 cm³/mol. The molecule has 2 fully saturated rings. The molecule has 2 rings (SSSR count). The first-order chi connectivity index (χ1) is 9.85. The standard InChI is InChI=1S/C18H30O3/c1-5-16(4,8-6-7-15(2)3)17(19)9-11-18(12-10-17)20-13-14-21-18/h5,7,19H,1,6,8-14H2,2-4H3. The summed E-state index contributed by atoms with van der Waals surface area (Å²) >= 11 is 0. The van der Waals surface area contributed by atoms with Crippen molar-refractivity contribution in [1.82, 2.24) is 0 Å². The van der Waals surface area contributed by atoms with Crippen LogP contribution in [0.5, 0.6) is 0 Å². The fraction of sp³-hybridized carbons (Fsp3) is 0.778. The largest absolute Gasteiger partial charge is 0.389 e. The zero-order valence-corrected chi connectivity index (χ0v) is 13.8. The molecule has 0 amide bonds. The van der Waals surface area contributed by atoms with Gasteiger partial charge in [-0.2, -0.15) is 0 Å². The lowest BCUT2D eigenvalue weighted by atomic mass is 9.63. The van der Waals surface area contributed by atoms with Crippen LogP contribution in [0.4, 0.5) is 0 Å². The molecule has 1 spiro atoms. The third-order valence-corrected chi connectivity index (χ3v) is 5.38. The van der Waals surface area contributed by atoms with Crippen molar-refractivity contribution in [2.24, 2.45) is 5.41 Å². The smallest absolute Gasteiger partial charge is 0.168 e. The van der Waals surface area contributed by atoms with Gasteiger partial charge in [-0.15, -0.1) is 6.58 Å². The minimum atomic E-state index is -0.704. The molecule has 3 nitrogen and oxygen atoms in total. The van der Waals surface area contributed by atoms with Crippen LogP contribution in [-0.4, -0.2) is 29.7 Å². The van der Waals surface area contributed by atoms with Crippen LogP contribution in [0.3, 0.4) is 0 Å². The summed E-state index contributed by atoms with van der Waals surface area (Å²) in [5, 5.41) is 11.2. The highest BCUT2D eigenvalue weighted by Gasteiger charge is 2.52. The minimum absolute atomic E-state index is 0.265. The van der Waals surface area contributed by atoms with Crippen LogP contribution >= 0.6 is 0 Å². The van der Waals surface area contributed by atoms with E-state index in [0.717, 1.165) is 25.7 Å². The van der Waals surface area contributed by atoms with E-state index < -0.39 is 11.4 Å². The fourth-order valence-electron chi connectivity index (χ4n) is 3.59. The van der Waals surface area contributed by atoms with Gasteiger partial charge in [-0.1, -0.05) is 24.6 Å². The summed E-state index contributed by atoms with van der Waals surface area (Å²) in [4.78, 5) is 0. The fourth-order valence-corrected chi connectivity index (χ4v) is 3.59. The molecule has 1 aliphatic heterocycles. The van der Waals surface area contributed by atoms with Gasteiger partial charge in [-0.3, -0.25) is 0 Å². The maximum atomic E-state index is 11.2. The van der Waals surface area contributed by atoms with Crippen molar-refractivity contribution in [3.05, 3.63) is 24.3 Å². The Labute approximate surface area is 129 Å². The Bertz CT molecular complexity index is 393. The molecule has 0 aromatic rings. The molecule has 1 aliphatic carbocycles. The molecule has 0 radical (unpaired) electrons. The van der Waals surface area contributed by atoms with E-state index >= 15 is 0 Å². The van der Waals surface area contributed by atoms with Crippen LogP contribution in [0.1, 0.15) is 59.3 Å². The molecule has 1 saturated heterocycles. The van der Waals surface area contributed by atoms with E-state index in [4.69, 9.17) is 9.47 Å². The molecule has 1 unspecified atom stereocenters. The zero-order valence-electron chi connectivity index (χ0n) is 13.8. The molecule has 0 aromatic heterocycles. The number of ether oxygens (including phenoxy) is 2. The van der Waals surface area contributed by atoms with Gasteiger partial charge in [0, 0.05) is 18.3 Å². The molecule has 3 heteroatoms. The van der Waals surface area contributed by atoms with Gasteiger partial charge in [0.15, 0.2) is 5.79 Å². The highest BCUT2D eigenvalue weighted by Crippen LogP contribution is 2.50. The van der Waals surface area contributed by atoms with E-state index in [0.29, 0.717) is 26.1 Å². The Kier molecular flexibility index (Phi) is 4.96. The lowest BCUT2D eigenvalue weighted by Gasteiger charge is -2.49. The molecule has 0 aromatic carbocycles. The molecule has 120 valence electrons. The van der Waals surface area contributed by atoms with Gasteiger partial charge in [-0.25, -0.2) is 0 Å². The van der Waals surface area contributed by atoms with E-state index in [1.54, 1.807) is 0 Å². The summed E-state index contributed by atoms with van der Waals surface area (Å²) in [6.07, 6.45) is 9.05. The maximum Gasteiger partial charge on any atom is 0.168 e. The molecule has 1 N–H and O–H groups in total. The Morgan fingerprint density at radius 1 is 1.19 bits per heavy atom. The summed E-state index contributed by atoms with van der Waals surface area (Å²) in [6, 6.07) is 0. The van der Waals surface area contributed by atoms with Crippen molar-refractivity contribution >= 4 is 0 Å². The predicted octanol–water partition coefficient (Wildman–Crippen LogP) is 3.97. The van der Waals surface area contributed by atoms with Crippen molar-refractivity contribution in [1.29, 1.82) is 0 Å². The summed E-state index contributed by atoms with van der Waals surface area (Å²) in [5.74, 6) is -0.422. The first kappa shape index (κ1) is 16.7. The second kappa shape index (κ2) is 6.23. The molecule has 1 atom stereocenters. The van der Waals surface area contributed by atoms with Crippen LogP contribution in [0.25, 0.3) is 0 Å². The SMILES string of the molecule is C=CC(C)(CCC=C(C)C)C1(O)CCC2(CC1)OCCO2. The lowest BCUT2D eigenvalue weighted by molar-refractivity contribution is -0.216. The van der Waals surface area contributed by atoms with E-state index in [2.05, 4.69) is 33.4 Å². The van der Waals surface area contributed by atoms with Crippen molar-refractivity contribution in [2.45, 2.75) is 70.7 Å². The zero-order chi connectivity index (χ0) is 15.6. The molecule has 2 aliphatic rings. The highest BCUT2D eigenvalue weighted by molar-refractivity contribution is 5.10. The third kappa shape index (κ3) is 3.41. The van der Waals surface area contributed by atoms with Gasteiger partial charge in [0.1, 0.15) is 0 Å². The maximum absolute atomic E-state index is 11.2. The molecular formula is C18H30O3. The number of allylic oxidation sites excluding steroid dienone is 2. The summed E-state index contributed by atoms with van der Waals surface area (Å²) in [7, 11) is 0. The van der Waals surface area contributed by atoms with Crippen LogP contribution in [-0.2, 0) is 9.47 Å². The summed E-state index contributed by atoms with van der Waals surface area (Å²) in [5.41, 5.74) is 0.355. The van der Waals surface area contributed by atoms with E-state index in [1.807, 2.05) is 6.08 Å². The average Bonchev–Trinajstić information content (AvgIpc) is 2.90. The quantitative estimate of drug-likeness (QED) is 0.780. The summed E-state index contributed by atoms with van der Waals surface area (Å²) < 4.78 is 11.5. The second-order valence-electron chi connectivity index (χ2n) is 7.08. The number of hydrogen-bond donors (Lipinski definition) is 1. The number of hydrogen-bond acceptors (Lipinski definition) is 3. The van der Waals surface area contributed by atoms with Gasteiger partial charge in [0.05, 0.1) is 18.8 Å². The van der Waals surface area contributed by atoms with E-state index in [-0.39, 0.29) is 5.41 Å². The lowest BCUT2D eigenvalue weighted by Crippen LogP contribution is -2.52. The Morgan fingerprint density at radius 2 is 1.76 bits per heavy atom. The number of rotatable bonds is 5. The highest BCUT2D eigenvalue weighted by atomic mass is 16.7. The van der Waals surface area contributed by atoms with Crippen LogP contribution in [0.2, 0.25) is 0 Å². The average molecular weight is 294 g/mol. The van der Waals surface area contributed by atoms with Crippen LogP contribution in [0.15, 0.2) is 24.3 Å².